The first-order chi connectivity index (χ1) is 14.5. The molecule has 1 N–H and O–H groups in total. The van der Waals surface area contributed by atoms with Gasteiger partial charge in [0.05, 0.1) is 17.9 Å². The lowest BCUT2D eigenvalue weighted by Crippen LogP contribution is -2.39. The Morgan fingerprint density at radius 2 is 2.03 bits per heavy atom. The molecule has 1 fully saturated rings. The molecule has 8 nitrogen and oxygen atoms in total. The van der Waals surface area contributed by atoms with Crippen molar-refractivity contribution >= 4 is 22.8 Å². The number of aromatic nitrogens is 4. The Labute approximate surface area is 176 Å². The highest BCUT2D eigenvalue weighted by Crippen LogP contribution is 2.31. The number of pyridine rings is 1. The van der Waals surface area contributed by atoms with Gasteiger partial charge in [-0.15, -0.1) is 0 Å². The second-order valence-corrected chi connectivity index (χ2v) is 8.36. The molecule has 0 aromatic carbocycles. The molecule has 8 heteroatoms. The van der Waals surface area contributed by atoms with Crippen molar-refractivity contribution in [3.05, 3.63) is 41.6 Å². The molecular formula is C22H28N6O2. The number of hydrogen-bond donors (Lipinski definition) is 1. The number of hydrogen-bond acceptors (Lipinski definition) is 7. The number of rotatable bonds is 6. The van der Waals surface area contributed by atoms with E-state index in [1.54, 1.807) is 6.20 Å². The van der Waals surface area contributed by atoms with Crippen LogP contribution in [0.25, 0.3) is 11.1 Å². The third kappa shape index (κ3) is 4.58. The second-order valence-electron chi connectivity index (χ2n) is 8.36. The van der Waals surface area contributed by atoms with Gasteiger partial charge in [-0.3, -0.25) is 9.78 Å². The number of nitrogens with one attached hydrogen (secondary N) is 1. The summed E-state index contributed by atoms with van der Waals surface area (Å²) in [5.41, 5.74) is 2.12. The molecule has 4 heterocycles. The molecule has 1 saturated heterocycles. The van der Waals surface area contributed by atoms with Gasteiger partial charge < -0.3 is 14.7 Å². The fraction of sp³-hybridized carbons (Fsp3) is 0.500. The summed E-state index contributed by atoms with van der Waals surface area (Å²) in [6.45, 7) is 8.77. The van der Waals surface area contributed by atoms with E-state index in [0.29, 0.717) is 42.8 Å². The zero-order chi connectivity index (χ0) is 21.1. The van der Waals surface area contributed by atoms with Crippen LogP contribution in [0.5, 0.6) is 0 Å². The Bertz CT molecular complexity index is 1010. The Kier molecular flexibility index (Phi) is 5.92. The van der Waals surface area contributed by atoms with E-state index in [1.807, 2.05) is 25.1 Å². The monoisotopic (exact) mass is 408 g/mol. The van der Waals surface area contributed by atoms with Crippen molar-refractivity contribution in [1.82, 2.24) is 25.4 Å². The van der Waals surface area contributed by atoms with E-state index in [0.717, 1.165) is 35.7 Å². The summed E-state index contributed by atoms with van der Waals surface area (Å²) < 4.78 is 5.45. The van der Waals surface area contributed by atoms with Crippen LogP contribution in [0.4, 0.5) is 5.82 Å². The topological polar surface area (TPSA) is 97.0 Å². The average Bonchev–Trinajstić information content (AvgIpc) is 3.11. The second kappa shape index (κ2) is 8.77. The number of nitrogens with zero attached hydrogens (tertiary/aromatic N) is 5. The van der Waals surface area contributed by atoms with Crippen molar-refractivity contribution in [3.63, 3.8) is 0 Å². The lowest BCUT2D eigenvalue weighted by atomic mass is 9.92. The molecule has 0 spiro atoms. The minimum atomic E-state index is -0.0557. The maximum absolute atomic E-state index is 12.3. The summed E-state index contributed by atoms with van der Waals surface area (Å²) in [4.78, 5) is 28.2. The van der Waals surface area contributed by atoms with E-state index in [-0.39, 0.29) is 5.91 Å². The standard InChI is InChI=1S/C22H28N6O2/c1-14-10-15(2)13-28(12-14)21-20-16(3)27-30-22(20)26-18(25-21)7-8-19(29)24-11-17-6-4-5-9-23-17/h4-6,9,14-15H,7-8,10-13H2,1-3H3,(H,24,29)/t14-,15-/m0/s1. The third-order valence-corrected chi connectivity index (χ3v) is 5.47. The highest BCUT2D eigenvalue weighted by Gasteiger charge is 2.27. The van der Waals surface area contributed by atoms with Gasteiger partial charge >= 0.3 is 0 Å². The van der Waals surface area contributed by atoms with Crippen LogP contribution < -0.4 is 10.2 Å². The molecule has 0 unspecified atom stereocenters. The van der Waals surface area contributed by atoms with E-state index in [9.17, 15) is 4.79 Å². The van der Waals surface area contributed by atoms with Crippen molar-refractivity contribution in [2.75, 3.05) is 18.0 Å². The highest BCUT2D eigenvalue weighted by molar-refractivity contribution is 5.88. The van der Waals surface area contributed by atoms with E-state index in [4.69, 9.17) is 9.51 Å². The predicted molar refractivity (Wildman–Crippen MR) is 114 cm³/mol. The zero-order valence-electron chi connectivity index (χ0n) is 17.8. The van der Waals surface area contributed by atoms with Crippen LogP contribution in [0.2, 0.25) is 0 Å². The van der Waals surface area contributed by atoms with Crippen LogP contribution in [0.1, 0.15) is 43.9 Å². The molecule has 0 saturated carbocycles. The molecule has 158 valence electrons. The van der Waals surface area contributed by atoms with Gasteiger partial charge in [0, 0.05) is 32.1 Å². The number of anilines is 1. The van der Waals surface area contributed by atoms with Gasteiger partial charge in [-0.05, 0) is 37.3 Å². The van der Waals surface area contributed by atoms with E-state index in [2.05, 4.69) is 39.2 Å². The number of fused-ring (bicyclic) bond motifs is 1. The van der Waals surface area contributed by atoms with Crippen molar-refractivity contribution in [3.8, 4) is 0 Å². The lowest BCUT2D eigenvalue weighted by Gasteiger charge is -2.36. The van der Waals surface area contributed by atoms with E-state index >= 15 is 0 Å². The van der Waals surface area contributed by atoms with Gasteiger partial charge in [-0.2, -0.15) is 4.98 Å². The van der Waals surface area contributed by atoms with Crippen LogP contribution in [0, 0.1) is 18.8 Å². The Balaban J connectivity index is 1.48. The van der Waals surface area contributed by atoms with Crippen molar-refractivity contribution < 1.29 is 9.32 Å². The first-order valence-corrected chi connectivity index (χ1v) is 10.5. The smallest absolute Gasteiger partial charge is 0.263 e. The van der Waals surface area contributed by atoms with Crippen LogP contribution >= 0.6 is 0 Å². The summed E-state index contributed by atoms with van der Waals surface area (Å²) in [5, 5.41) is 7.87. The maximum atomic E-state index is 12.3. The van der Waals surface area contributed by atoms with Crippen LogP contribution in [0.3, 0.4) is 0 Å². The van der Waals surface area contributed by atoms with Gasteiger partial charge in [0.15, 0.2) is 0 Å². The Morgan fingerprint density at radius 3 is 2.77 bits per heavy atom. The van der Waals surface area contributed by atoms with Gasteiger partial charge in [0.25, 0.3) is 5.71 Å². The fourth-order valence-electron chi connectivity index (χ4n) is 4.19. The van der Waals surface area contributed by atoms with Gasteiger partial charge in [0.1, 0.15) is 17.0 Å². The van der Waals surface area contributed by atoms with E-state index in [1.165, 1.54) is 6.42 Å². The first kappa shape index (κ1) is 20.3. The van der Waals surface area contributed by atoms with Crippen molar-refractivity contribution in [2.24, 2.45) is 11.8 Å². The lowest BCUT2D eigenvalue weighted by molar-refractivity contribution is -0.121. The minimum Gasteiger partial charge on any atom is -0.355 e. The number of carbonyl (C=O) groups excluding carboxylic acids is 1. The molecule has 30 heavy (non-hydrogen) atoms. The zero-order valence-corrected chi connectivity index (χ0v) is 17.8. The summed E-state index contributed by atoms with van der Waals surface area (Å²) in [7, 11) is 0. The molecule has 0 aliphatic carbocycles. The molecule has 3 aromatic rings. The number of amides is 1. The minimum absolute atomic E-state index is 0.0557. The maximum Gasteiger partial charge on any atom is 0.263 e. The van der Waals surface area contributed by atoms with Gasteiger partial charge in [0.2, 0.25) is 5.91 Å². The van der Waals surface area contributed by atoms with Crippen LogP contribution in [0.15, 0.2) is 28.9 Å². The van der Waals surface area contributed by atoms with E-state index < -0.39 is 0 Å². The van der Waals surface area contributed by atoms with Crippen LogP contribution in [-0.2, 0) is 17.8 Å². The molecule has 1 amide bonds. The van der Waals surface area contributed by atoms with Crippen molar-refractivity contribution in [1.29, 1.82) is 0 Å². The quantitative estimate of drug-likeness (QED) is 0.669. The normalized spacial score (nSPS) is 19.2. The molecule has 1 aliphatic heterocycles. The van der Waals surface area contributed by atoms with Crippen molar-refractivity contribution in [2.45, 2.75) is 46.6 Å². The molecule has 2 atom stereocenters. The molecular weight excluding hydrogens is 380 g/mol. The van der Waals surface area contributed by atoms with Gasteiger partial charge in [-0.1, -0.05) is 25.1 Å². The summed E-state index contributed by atoms with van der Waals surface area (Å²) in [5.74, 6) is 2.62. The fourth-order valence-corrected chi connectivity index (χ4v) is 4.19. The third-order valence-electron chi connectivity index (χ3n) is 5.47. The summed E-state index contributed by atoms with van der Waals surface area (Å²) >= 11 is 0. The SMILES string of the molecule is Cc1noc2nc(CCC(=O)NCc3ccccn3)nc(N3C[C@@H](C)C[C@H](C)C3)c12. The largest absolute Gasteiger partial charge is 0.355 e. The number of aryl methyl sites for hydroxylation is 2. The summed E-state index contributed by atoms with van der Waals surface area (Å²) in [6.07, 6.45) is 3.68. The number of carbonyl (C=O) groups is 1. The summed E-state index contributed by atoms with van der Waals surface area (Å²) in [6, 6.07) is 5.64. The first-order valence-electron chi connectivity index (χ1n) is 10.5. The molecule has 3 aromatic heterocycles. The van der Waals surface area contributed by atoms with Gasteiger partial charge in [-0.25, -0.2) is 4.98 Å². The van der Waals surface area contributed by atoms with Crippen LogP contribution in [-0.4, -0.2) is 39.1 Å². The molecule has 4 rings (SSSR count). The Hall–Kier alpha value is -3.03. The Morgan fingerprint density at radius 1 is 1.23 bits per heavy atom. The molecule has 1 aliphatic rings. The average molecular weight is 409 g/mol. The number of piperidine rings is 1. The molecule has 0 bridgehead atoms. The highest BCUT2D eigenvalue weighted by atomic mass is 16.5. The predicted octanol–water partition coefficient (Wildman–Crippen LogP) is 3.05. The molecule has 0 radical (unpaired) electrons.